The Morgan fingerprint density at radius 3 is 2.41 bits per heavy atom. The third-order valence-electron chi connectivity index (χ3n) is 4.55. The number of azo groups is 1. The first kappa shape index (κ1) is 23.3. The first-order valence-electron chi connectivity index (χ1n) is 8.60. The van der Waals surface area contributed by atoms with E-state index >= 15 is 0 Å². The lowest BCUT2D eigenvalue weighted by molar-refractivity contribution is 0.259. The molecule has 1 aliphatic rings. The van der Waals surface area contributed by atoms with Gasteiger partial charge in [-0.05, 0) is 35.7 Å². The Balaban J connectivity index is 2.19. The average Bonchev–Trinajstić information content (AvgIpc) is 2.66. The predicted octanol–water partition coefficient (Wildman–Crippen LogP) is 1.40. The SMILES string of the molecule is NC(=O)Nc1ccc2c(O)c(N=NC3C=CC=CC3(N)S(=O)(=O)O)c(S(=O)(=O)O)cc2c1. The third kappa shape index (κ3) is 4.32. The molecule has 0 radical (unpaired) electrons. The molecule has 1 aliphatic carbocycles. The smallest absolute Gasteiger partial charge is 0.316 e. The number of hydrogen-bond acceptors (Lipinski definition) is 9. The number of carbonyl (C=O) groups excluding carboxylic acids is 1. The lowest BCUT2D eigenvalue weighted by Crippen LogP contribution is -2.54. The summed E-state index contributed by atoms with van der Waals surface area (Å²) in [5, 5.41) is 20.4. The van der Waals surface area contributed by atoms with Gasteiger partial charge in [0.25, 0.3) is 20.2 Å². The van der Waals surface area contributed by atoms with Crippen molar-refractivity contribution >= 4 is 48.4 Å². The standard InChI is InChI=1S/C17H17N5O8S2/c18-16(24)20-10-4-5-11-9(7-10)8-12(31(25,26)27)14(15(11)23)22-21-13-3-1-2-6-17(13,19)32(28,29)30/h1-8,13,23H,19H2,(H3,18,20,24)(H,25,26,27)(H,28,29,30). The van der Waals surface area contributed by atoms with Crippen molar-refractivity contribution in [1.82, 2.24) is 0 Å². The van der Waals surface area contributed by atoms with E-state index in [0.717, 1.165) is 12.1 Å². The van der Waals surface area contributed by atoms with Gasteiger partial charge >= 0.3 is 6.03 Å². The van der Waals surface area contributed by atoms with E-state index in [4.69, 9.17) is 11.5 Å². The van der Waals surface area contributed by atoms with Crippen molar-refractivity contribution in [3.63, 3.8) is 0 Å². The number of nitrogens with two attached hydrogens (primary N) is 2. The highest BCUT2D eigenvalue weighted by Crippen LogP contribution is 2.42. The molecule has 2 amide bonds. The van der Waals surface area contributed by atoms with Crippen LogP contribution >= 0.6 is 0 Å². The maximum atomic E-state index is 11.9. The molecule has 15 heteroatoms. The Hall–Kier alpha value is -3.37. The molecule has 170 valence electrons. The second-order valence-corrected chi connectivity index (χ2v) is 9.75. The number of carbonyl (C=O) groups is 1. The molecule has 2 unspecified atom stereocenters. The summed E-state index contributed by atoms with van der Waals surface area (Å²) in [7, 11) is -9.82. The van der Waals surface area contributed by atoms with Crippen LogP contribution in [0.2, 0.25) is 0 Å². The number of anilines is 1. The number of allylic oxidation sites excluding steroid dienone is 2. The molecule has 8 N–H and O–H groups in total. The molecule has 2 aromatic carbocycles. The fourth-order valence-electron chi connectivity index (χ4n) is 2.98. The van der Waals surface area contributed by atoms with E-state index in [2.05, 4.69) is 15.5 Å². The monoisotopic (exact) mass is 483 g/mol. The van der Waals surface area contributed by atoms with Crippen molar-refractivity contribution in [2.75, 3.05) is 5.32 Å². The molecule has 0 aliphatic heterocycles. The lowest BCUT2D eigenvalue weighted by atomic mass is 10.0. The highest BCUT2D eigenvalue weighted by molar-refractivity contribution is 7.87. The molecule has 0 aromatic heterocycles. The molecule has 2 aromatic rings. The number of phenols is 1. The number of amides is 2. The topological polar surface area (TPSA) is 235 Å². The summed E-state index contributed by atoms with van der Waals surface area (Å²) in [6.45, 7) is 0. The van der Waals surface area contributed by atoms with Gasteiger partial charge in [-0.3, -0.25) is 9.11 Å². The molecular formula is C17H17N5O8S2. The van der Waals surface area contributed by atoms with Crippen molar-refractivity contribution in [1.29, 1.82) is 0 Å². The highest BCUT2D eigenvalue weighted by atomic mass is 32.2. The molecule has 13 nitrogen and oxygen atoms in total. The molecule has 2 atom stereocenters. The number of fused-ring (bicyclic) bond motifs is 1. The van der Waals surface area contributed by atoms with Gasteiger partial charge < -0.3 is 21.9 Å². The number of rotatable bonds is 5. The minimum Gasteiger partial charge on any atom is -0.505 e. The highest BCUT2D eigenvalue weighted by Gasteiger charge is 2.45. The summed E-state index contributed by atoms with van der Waals surface area (Å²) >= 11 is 0. The number of aromatic hydroxyl groups is 1. The molecule has 0 fully saturated rings. The Morgan fingerprint density at radius 1 is 1.12 bits per heavy atom. The van der Waals surface area contributed by atoms with Crippen LogP contribution in [0.25, 0.3) is 10.8 Å². The van der Waals surface area contributed by atoms with Crippen LogP contribution in [0.4, 0.5) is 16.2 Å². The first-order valence-corrected chi connectivity index (χ1v) is 11.5. The van der Waals surface area contributed by atoms with E-state index in [-0.39, 0.29) is 16.5 Å². The zero-order chi connectivity index (χ0) is 23.9. The van der Waals surface area contributed by atoms with E-state index in [0.29, 0.717) is 0 Å². The number of hydrogen-bond donors (Lipinski definition) is 6. The van der Waals surface area contributed by atoms with Gasteiger partial charge in [-0.2, -0.15) is 21.9 Å². The fourth-order valence-corrected chi connectivity index (χ4v) is 4.32. The van der Waals surface area contributed by atoms with Crippen LogP contribution < -0.4 is 16.8 Å². The van der Waals surface area contributed by atoms with Gasteiger partial charge in [0.15, 0.2) is 10.6 Å². The van der Waals surface area contributed by atoms with E-state index in [1.807, 2.05) is 0 Å². The maximum absolute atomic E-state index is 11.9. The number of urea groups is 1. The molecule has 0 saturated carbocycles. The molecule has 3 rings (SSSR count). The van der Waals surface area contributed by atoms with Gasteiger partial charge in [0, 0.05) is 11.1 Å². The maximum Gasteiger partial charge on any atom is 0.316 e. The van der Waals surface area contributed by atoms with Gasteiger partial charge in [-0.1, -0.05) is 18.2 Å². The number of nitrogens with zero attached hydrogens (tertiary/aromatic N) is 2. The van der Waals surface area contributed by atoms with Gasteiger partial charge in [-0.15, -0.1) is 5.11 Å². The first-order chi connectivity index (χ1) is 14.7. The molecular weight excluding hydrogens is 466 g/mol. The summed E-state index contributed by atoms with van der Waals surface area (Å²) in [6.07, 6.45) is 4.78. The van der Waals surface area contributed by atoms with Crippen molar-refractivity contribution in [2.45, 2.75) is 15.8 Å². The normalized spacial score (nSPS) is 21.3. The zero-order valence-corrected chi connectivity index (χ0v) is 17.6. The Kier molecular flexibility index (Phi) is 5.79. The molecule has 32 heavy (non-hydrogen) atoms. The molecule has 0 bridgehead atoms. The zero-order valence-electron chi connectivity index (χ0n) is 15.9. The van der Waals surface area contributed by atoms with Crippen molar-refractivity contribution in [2.24, 2.45) is 21.7 Å². The summed E-state index contributed by atoms with van der Waals surface area (Å²) in [6, 6.07) is 2.55. The molecule has 0 saturated heterocycles. The average molecular weight is 483 g/mol. The largest absolute Gasteiger partial charge is 0.505 e. The number of phenolic OH excluding ortho intramolecular Hbond substituents is 1. The van der Waals surface area contributed by atoms with Gasteiger partial charge in [0.2, 0.25) is 0 Å². The second kappa shape index (κ2) is 7.95. The van der Waals surface area contributed by atoms with Crippen LogP contribution in [0.5, 0.6) is 5.75 Å². The van der Waals surface area contributed by atoms with Crippen LogP contribution in [0.3, 0.4) is 0 Å². The Bertz CT molecular complexity index is 1420. The summed E-state index contributed by atoms with van der Waals surface area (Å²) in [5.41, 5.74) is 10.3. The van der Waals surface area contributed by atoms with Crippen molar-refractivity contribution in [3.8, 4) is 5.75 Å². The van der Waals surface area contributed by atoms with Gasteiger partial charge in [0.1, 0.15) is 16.6 Å². The number of benzene rings is 2. The van der Waals surface area contributed by atoms with Crippen LogP contribution in [-0.4, -0.2) is 48.0 Å². The van der Waals surface area contributed by atoms with Crippen LogP contribution in [0.1, 0.15) is 0 Å². The van der Waals surface area contributed by atoms with E-state index < -0.39 is 53.5 Å². The molecule has 0 spiro atoms. The predicted molar refractivity (Wildman–Crippen MR) is 114 cm³/mol. The van der Waals surface area contributed by atoms with E-state index in [9.17, 15) is 35.8 Å². The number of primary amides is 1. The van der Waals surface area contributed by atoms with Crippen LogP contribution in [0.15, 0.2) is 63.7 Å². The van der Waals surface area contributed by atoms with Crippen molar-refractivity contribution in [3.05, 3.63) is 48.6 Å². The Morgan fingerprint density at radius 2 is 1.81 bits per heavy atom. The van der Waals surface area contributed by atoms with Crippen LogP contribution in [-0.2, 0) is 20.2 Å². The quantitative estimate of drug-likeness (QED) is 0.266. The van der Waals surface area contributed by atoms with Crippen molar-refractivity contribution < 1.29 is 35.8 Å². The number of nitrogens with one attached hydrogen (secondary N) is 1. The Labute approximate surface area is 181 Å². The molecule has 0 heterocycles. The second-order valence-electron chi connectivity index (χ2n) is 6.71. The summed E-state index contributed by atoms with van der Waals surface area (Å²) < 4.78 is 66.4. The third-order valence-corrected chi connectivity index (χ3v) is 6.69. The lowest BCUT2D eigenvalue weighted by Gasteiger charge is -2.28. The van der Waals surface area contributed by atoms with Crippen LogP contribution in [0, 0.1) is 0 Å². The minimum atomic E-state index is -4.95. The van der Waals surface area contributed by atoms with E-state index in [1.54, 1.807) is 0 Å². The fraction of sp³-hybridized carbons (Fsp3) is 0.118. The van der Waals surface area contributed by atoms with E-state index in [1.165, 1.54) is 36.4 Å². The van der Waals surface area contributed by atoms with Gasteiger partial charge in [-0.25, -0.2) is 4.79 Å². The summed E-state index contributed by atoms with van der Waals surface area (Å²) in [4.78, 5) is 7.78. The van der Waals surface area contributed by atoms with Gasteiger partial charge in [0.05, 0.1) is 0 Å². The minimum absolute atomic E-state index is 0.0641. The summed E-state index contributed by atoms with van der Waals surface area (Å²) in [5.74, 6) is -0.714.